The smallest absolute Gasteiger partial charge is 0.152 e. The Bertz CT molecular complexity index is 460. The molecule has 1 unspecified atom stereocenters. The molecule has 18 heavy (non-hydrogen) atoms. The number of aryl methyl sites for hydroxylation is 1. The highest BCUT2D eigenvalue weighted by Crippen LogP contribution is 2.21. The Hall–Kier alpha value is -0.870. The second-order valence-electron chi connectivity index (χ2n) is 4.99. The molecule has 1 aromatic carbocycles. The highest BCUT2D eigenvalue weighted by atomic mass is 32.2. The van der Waals surface area contributed by atoms with E-state index in [2.05, 4.69) is 0 Å². The molecule has 3 nitrogen and oxygen atoms in total. The lowest BCUT2D eigenvalue weighted by atomic mass is 9.97. The Balaban J connectivity index is 2.72. The summed E-state index contributed by atoms with van der Waals surface area (Å²) in [6.07, 6.45) is 0.472. The molecule has 0 aliphatic heterocycles. The Morgan fingerprint density at radius 2 is 1.72 bits per heavy atom. The zero-order valence-corrected chi connectivity index (χ0v) is 12.1. The first-order valence-corrected chi connectivity index (χ1v) is 7.97. The highest BCUT2D eigenvalue weighted by Gasteiger charge is 2.19. The number of sulfone groups is 1. The molecule has 0 radical (unpaired) electrons. The summed E-state index contributed by atoms with van der Waals surface area (Å²) < 4.78 is 23.5. The summed E-state index contributed by atoms with van der Waals surface area (Å²) in [4.78, 5) is 0. The standard InChI is InChI=1S/C14H22O3S/c1-11(2)18(16,17)9-8-14(10-15)13-6-4-12(3)5-7-13/h4-7,11,14-15H,8-10H2,1-3H3. The van der Waals surface area contributed by atoms with E-state index >= 15 is 0 Å². The molecule has 0 heterocycles. The number of aliphatic hydroxyl groups is 1. The molecule has 0 aromatic heterocycles. The molecular formula is C14H22O3S. The normalized spacial score (nSPS) is 13.8. The molecule has 0 fully saturated rings. The molecule has 1 aromatic rings. The fraction of sp³-hybridized carbons (Fsp3) is 0.571. The van der Waals surface area contributed by atoms with E-state index in [9.17, 15) is 13.5 Å². The van der Waals surface area contributed by atoms with Gasteiger partial charge < -0.3 is 5.11 Å². The maximum Gasteiger partial charge on any atom is 0.152 e. The van der Waals surface area contributed by atoms with Gasteiger partial charge in [-0.25, -0.2) is 8.42 Å². The third-order valence-electron chi connectivity index (χ3n) is 3.24. The lowest BCUT2D eigenvalue weighted by Gasteiger charge is -2.16. The first kappa shape index (κ1) is 15.2. The summed E-state index contributed by atoms with van der Waals surface area (Å²) >= 11 is 0. The van der Waals surface area contributed by atoms with Crippen LogP contribution in [0.3, 0.4) is 0 Å². The van der Waals surface area contributed by atoms with Gasteiger partial charge in [0.2, 0.25) is 0 Å². The lowest BCUT2D eigenvalue weighted by Crippen LogP contribution is -2.20. The summed E-state index contributed by atoms with van der Waals surface area (Å²) in [6, 6.07) is 7.88. The molecule has 0 saturated heterocycles. The molecule has 0 aliphatic carbocycles. The van der Waals surface area contributed by atoms with Crippen LogP contribution >= 0.6 is 0 Å². The third kappa shape index (κ3) is 4.10. The van der Waals surface area contributed by atoms with E-state index in [1.165, 1.54) is 0 Å². The molecule has 0 saturated carbocycles. The number of hydrogen-bond acceptors (Lipinski definition) is 3. The zero-order chi connectivity index (χ0) is 13.8. The molecule has 0 spiro atoms. The topological polar surface area (TPSA) is 54.4 Å². The number of hydrogen-bond donors (Lipinski definition) is 1. The van der Waals surface area contributed by atoms with Gasteiger partial charge in [-0.2, -0.15) is 0 Å². The quantitative estimate of drug-likeness (QED) is 0.863. The van der Waals surface area contributed by atoms with Gasteiger partial charge in [-0.05, 0) is 32.8 Å². The van der Waals surface area contributed by atoms with Crippen molar-refractivity contribution in [3.05, 3.63) is 35.4 Å². The van der Waals surface area contributed by atoms with E-state index in [0.717, 1.165) is 11.1 Å². The van der Waals surface area contributed by atoms with E-state index in [0.29, 0.717) is 6.42 Å². The fourth-order valence-electron chi connectivity index (χ4n) is 1.74. The minimum atomic E-state index is -3.03. The van der Waals surface area contributed by atoms with E-state index < -0.39 is 9.84 Å². The fourth-order valence-corrected chi connectivity index (χ4v) is 2.83. The van der Waals surface area contributed by atoms with Crippen molar-refractivity contribution >= 4 is 9.84 Å². The largest absolute Gasteiger partial charge is 0.396 e. The summed E-state index contributed by atoms with van der Waals surface area (Å²) in [7, 11) is -3.03. The number of aliphatic hydroxyl groups excluding tert-OH is 1. The van der Waals surface area contributed by atoms with Crippen molar-refractivity contribution in [3.63, 3.8) is 0 Å². The van der Waals surface area contributed by atoms with Crippen LogP contribution in [0.2, 0.25) is 0 Å². The van der Waals surface area contributed by atoms with Crippen molar-refractivity contribution in [3.8, 4) is 0 Å². The molecule has 1 N–H and O–H groups in total. The van der Waals surface area contributed by atoms with Crippen LogP contribution < -0.4 is 0 Å². The minimum Gasteiger partial charge on any atom is -0.396 e. The minimum absolute atomic E-state index is 0.0172. The molecule has 0 amide bonds. The van der Waals surface area contributed by atoms with Crippen LogP contribution in [0.25, 0.3) is 0 Å². The average molecular weight is 270 g/mol. The van der Waals surface area contributed by atoms with Crippen molar-refractivity contribution in [1.82, 2.24) is 0 Å². The van der Waals surface area contributed by atoms with Gasteiger partial charge in [-0.3, -0.25) is 0 Å². The van der Waals surface area contributed by atoms with E-state index in [-0.39, 0.29) is 23.5 Å². The van der Waals surface area contributed by atoms with Gasteiger partial charge >= 0.3 is 0 Å². The van der Waals surface area contributed by atoms with Crippen LogP contribution in [-0.2, 0) is 9.84 Å². The maximum atomic E-state index is 11.8. The van der Waals surface area contributed by atoms with Gasteiger partial charge in [0.25, 0.3) is 0 Å². The van der Waals surface area contributed by atoms with Crippen LogP contribution in [-0.4, -0.2) is 31.1 Å². The van der Waals surface area contributed by atoms with E-state index in [1.807, 2.05) is 31.2 Å². The average Bonchev–Trinajstić information content (AvgIpc) is 2.31. The molecule has 0 aliphatic rings. The van der Waals surface area contributed by atoms with Gasteiger partial charge in [-0.15, -0.1) is 0 Å². The van der Waals surface area contributed by atoms with E-state index in [1.54, 1.807) is 13.8 Å². The first-order valence-electron chi connectivity index (χ1n) is 6.26. The predicted molar refractivity (Wildman–Crippen MR) is 74.5 cm³/mol. The highest BCUT2D eigenvalue weighted by molar-refractivity contribution is 7.91. The van der Waals surface area contributed by atoms with Crippen LogP contribution in [0.15, 0.2) is 24.3 Å². The van der Waals surface area contributed by atoms with Gasteiger partial charge in [-0.1, -0.05) is 29.8 Å². The summed E-state index contributed by atoms with van der Waals surface area (Å²) in [5.41, 5.74) is 2.16. The van der Waals surface area contributed by atoms with Gasteiger partial charge in [0.05, 0.1) is 11.0 Å². The monoisotopic (exact) mass is 270 g/mol. The Labute approximate surface area is 110 Å². The zero-order valence-electron chi connectivity index (χ0n) is 11.3. The van der Waals surface area contributed by atoms with Crippen LogP contribution in [0, 0.1) is 6.92 Å². The molecule has 0 bridgehead atoms. The second kappa shape index (κ2) is 6.34. The summed E-state index contributed by atoms with van der Waals surface area (Å²) in [5, 5.41) is 9.04. The molecule has 4 heteroatoms. The summed E-state index contributed by atoms with van der Waals surface area (Å²) in [5.74, 6) is 0.0307. The molecule has 102 valence electrons. The van der Waals surface area contributed by atoms with Crippen molar-refractivity contribution in [2.45, 2.75) is 38.4 Å². The molecular weight excluding hydrogens is 248 g/mol. The van der Waals surface area contributed by atoms with Gasteiger partial charge in [0.15, 0.2) is 9.84 Å². The van der Waals surface area contributed by atoms with E-state index in [4.69, 9.17) is 0 Å². The van der Waals surface area contributed by atoms with Crippen molar-refractivity contribution in [1.29, 1.82) is 0 Å². The lowest BCUT2D eigenvalue weighted by molar-refractivity contribution is 0.262. The molecule has 1 atom stereocenters. The maximum absolute atomic E-state index is 11.8. The number of rotatable bonds is 6. The SMILES string of the molecule is Cc1ccc(C(CO)CCS(=O)(=O)C(C)C)cc1. The second-order valence-corrected chi connectivity index (χ2v) is 7.67. The predicted octanol–water partition coefficient (Wildman–Crippen LogP) is 2.28. The van der Waals surface area contributed by atoms with Crippen LogP contribution in [0.1, 0.15) is 37.3 Å². The van der Waals surface area contributed by atoms with Crippen LogP contribution in [0.5, 0.6) is 0 Å². The molecule has 1 rings (SSSR count). The van der Waals surface area contributed by atoms with Gasteiger partial charge in [0, 0.05) is 12.5 Å². The Morgan fingerprint density at radius 3 is 2.17 bits per heavy atom. The van der Waals surface area contributed by atoms with Crippen LogP contribution in [0.4, 0.5) is 0 Å². The van der Waals surface area contributed by atoms with Crippen molar-refractivity contribution < 1.29 is 13.5 Å². The number of benzene rings is 1. The third-order valence-corrected chi connectivity index (χ3v) is 5.48. The summed E-state index contributed by atoms with van der Waals surface area (Å²) in [6.45, 7) is 5.36. The van der Waals surface area contributed by atoms with Gasteiger partial charge in [0.1, 0.15) is 0 Å². The Kier molecular flexibility index (Phi) is 5.35. The Morgan fingerprint density at radius 1 is 1.17 bits per heavy atom. The van der Waals surface area contributed by atoms with Crippen molar-refractivity contribution in [2.75, 3.05) is 12.4 Å². The van der Waals surface area contributed by atoms with Crippen molar-refractivity contribution in [2.24, 2.45) is 0 Å². The first-order chi connectivity index (χ1) is 8.36.